The smallest absolute Gasteiger partial charge is 0.216 e. The van der Waals surface area contributed by atoms with E-state index in [1.807, 2.05) is 31.2 Å². The molecule has 0 bridgehead atoms. The molecule has 0 spiro atoms. The summed E-state index contributed by atoms with van der Waals surface area (Å²) in [7, 11) is 0. The molecule has 0 saturated heterocycles. The first kappa shape index (κ1) is 17.0. The van der Waals surface area contributed by atoms with Crippen LogP contribution < -0.4 is 4.74 Å². The van der Waals surface area contributed by atoms with E-state index in [4.69, 9.17) is 17.0 Å². The maximum absolute atomic E-state index is 13.0. The molecule has 0 atom stereocenters. The molecule has 25 heavy (non-hydrogen) atoms. The number of rotatable bonds is 6. The molecule has 0 fully saturated rings. The molecule has 0 aliphatic rings. The van der Waals surface area contributed by atoms with Crippen LogP contribution in [-0.2, 0) is 6.42 Å². The first-order valence-electron chi connectivity index (χ1n) is 7.84. The average Bonchev–Trinajstić information content (AvgIpc) is 2.96. The van der Waals surface area contributed by atoms with Crippen molar-refractivity contribution in [2.45, 2.75) is 13.3 Å². The van der Waals surface area contributed by atoms with Crippen LogP contribution in [0, 0.1) is 10.6 Å². The zero-order chi connectivity index (χ0) is 17.6. The first-order valence-corrected chi connectivity index (χ1v) is 8.25. The lowest BCUT2D eigenvalue weighted by Crippen LogP contribution is -2.01. The molecular weight excluding hydrogens is 339 g/mol. The standard InChI is InChI=1S/C18H17FN4OS/c1-2-24-16-6-4-3-5-14(16)12-20-23-17(21-22-18(23)25)11-13-7-9-15(19)10-8-13/h3-10,12H,2,11H2,1H3,(H,22,25)/b20-12-. The van der Waals surface area contributed by atoms with Gasteiger partial charge < -0.3 is 4.74 Å². The summed E-state index contributed by atoms with van der Waals surface area (Å²) < 4.78 is 20.6. The molecule has 0 aliphatic heterocycles. The van der Waals surface area contributed by atoms with Crippen molar-refractivity contribution in [3.8, 4) is 5.75 Å². The average molecular weight is 356 g/mol. The molecule has 1 aromatic heterocycles. The van der Waals surface area contributed by atoms with Crippen LogP contribution in [0.3, 0.4) is 0 Å². The Morgan fingerprint density at radius 2 is 2.00 bits per heavy atom. The Hall–Kier alpha value is -2.80. The lowest BCUT2D eigenvalue weighted by atomic mass is 10.1. The minimum absolute atomic E-state index is 0.270. The summed E-state index contributed by atoms with van der Waals surface area (Å²) in [5.74, 6) is 1.12. The van der Waals surface area contributed by atoms with Gasteiger partial charge in [0.2, 0.25) is 4.77 Å². The monoisotopic (exact) mass is 356 g/mol. The number of halogens is 1. The zero-order valence-corrected chi connectivity index (χ0v) is 14.5. The summed E-state index contributed by atoms with van der Waals surface area (Å²) >= 11 is 5.25. The fourth-order valence-corrected chi connectivity index (χ4v) is 2.53. The molecule has 1 heterocycles. The van der Waals surface area contributed by atoms with Crippen LogP contribution in [0.4, 0.5) is 4.39 Å². The van der Waals surface area contributed by atoms with Crippen molar-refractivity contribution in [2.75, 3.05) is 6.61 Å². The second kappa shape index (κ2) is 7.85. The third-order valence-electron chi connectivity index (χ3n) is 3.52. The number of nitrogens with zero attached hydrogens (tertiary/aromatic N) is 3. The highest BCUT2D eigenvalue weighted by Gasteiger charge is 2.07. The molecule has 0 radical (unpaired) electrons. The van der Waals surface area contributed by atoms with E-state index in [1.54, 1.807) is 23.0 Å². The van der Waals surface area contributed by atoms with E-state index < -0.39 is 0 Å². The molecule has 2 aromatic carbocycles. The van der Waals surface area contributed by atoms with Gasteiger partial charge in [0.25, 0.3) is 0 Å². The van der Waals surface area contributed by atoms with Gasteiger partial charge in [-0.1, -0.05) is 24.3 Å². The molecule has 128 valence electrons. The third kappa shape index (κ3) is 4.19. The van der Waals surface area contributed by atoms with Crippen LogP contribution in [0.1, 0.15) is 23.9 Å². The summed E-state index contributed by atoms with van der Waals surface area (Å²) in [5.41, 5.74) is 1.77. The van der Waals surface area contributed by atoms with E-state index in [0.717, 1.165) is 16.9 Å². The van der Waals surface area contributed by atoms with E-state index in [1.165, 1.54) is 12.1 Å². The number of nitrogens with one attached hydrogen (secondary N) is 1. The Labute approximate surface area is 149 Å². The van der Waals surface area contributed by atoms with Gasteiger partial charge in [-0.2, -0.15) is 14.9 Å². The van der Waals surface area contributed by atoms with Crippen LogP contribution in [0.5, 0.6) is 5.75 Å². The minimum Gasteiger partial charge on any atom is -0.493 e. The van der Waals surface area contributed by atoms with Gasteiger partial charge in [0, 0.05) is 12.0 Å². The quantitative estimate of drug-likeness (QED) is 0.537. The van der Waals surface area contributed by atoms with Gasteiger partial charge in [-0.3, -0.25) is 5.10 Å². The third-order valence-corrected chi connectivity index (χ3v) is 3.79. The van der Waals surface area contributed by atoms with Crippen LogP contribution >= 0.6 is 12.2 Å². The first-order chi connectivity index (χ1) is 12.2. The van der Waals surface area contributed by atoms with Crippen molar-refractivity contribution < 1.29 is 9.13 Å². The Morgan fingerprint density at radius 1 is 1.24 bits per heavy atom. The van der Waals surface area contributed by atoms with Crippen LogP contribution in [0.2, 0.25) is 0 Å². The van der Waals surface area contributed by atoms with Gasteiger partial charge in [0.1, 0.15) is 11.6 Å². The fourth-order valence-electron chi connectivity index (χ4n) is 2.34. The predicted octanol–water partition coefficient (Wildman–Crippen LogP) is 3.95. The Morgan fingerprint density at radius 3 is 2.76 bits per heavy atom. The topological polar surface area (TPSA) is 55.2 Å². The molecule has 7 heteroatoms. The summed E-state index contributed by atoms with van der Waals surface area (Å²) in [5, 5.41) is 11.4. The maximum Gasteiger partial charge on any atom is 0.216 e. The van der Waals surface area contributed by atoms with E-state index in [0.29, 0.717) is 23.6 Å². The number of ether oxygens (including phenoxy) is 1. The van der Waals surface area contributed by atoms with E-state index in [2.05, 4.69) is 15.3 Å². The van der Waals surface area contributed by atoms with E-state index in [-0.39, 0.29) is 5.82 Å². The molecule has 0 amide bonds. The summed E-state index contributed by atoms with van der Waals surface area (Å²) in [6, 6.07) is 13.9. The number of aromatic amines is 1. The maximum atomic E-state index is 13.0. The molecule has 3 aromatic rings. The van der Waals surface area contributed by atoms with Crippen molar-refractivity contribution in [2.24, 2.45) is 5.10 Å². The summed E-state index contributed by atoms with van der Waals surface area (Å²) in [6.07, 6.45) is 2.17. The number of hydrogen-bond acceptors (Lipinski definition) is 4. The highest BCUT2D eigenvalue weighted by atomic mass is 32.1. The number of para-hydroxylation sites is 1. The summed E-state index contributed by atoms with van der Waals surface area (Å²) in [4.78, 5) is 0. The van der Waals surface area contributed by atoms with Gasteiger partial charge in [-0.15, -0.1) is 0 Å². The molecule has 0 saturated carbocycles. The van der Waals surface area contributed by atoms with Crippen LogP contribution in [0.25, 0.3) is 0 Å². The van der Waals surface area contributed by atoms with Crippen LogP contribution in [0.15, 0.2) is 53.6 Å². The van der Waals surface area contributed by atoms with E-state index in [9.17, 15) is 4.39 Å². The Balaban J connectivity index is 1.87. The normalized spacial score (nSPS) is 11.1. The van der Waals surface area contributed by atoms with E-state index >= 15 is 0 Å². The van der Waals surface area contributed by atoms with Crippen molar-refractivity contribution in [3.63, 3.8) is 0 Å². The van der Waals surface area contributed by atoms with Crippen LogP contribution in [-0.4, -0.2) is 27.7 Å². The molecule has 3 rings (SSSR count). The van der Waals surface area contributed by atoms with Gasteiger partial charge in [-0.05, 0) is 49.0 Å². The highest BCUT2D eigenvalue weighted by Crippen LogP contribution is 2.16. The second-order valence-corrected chi connectivity index (χ2v) is 5.66. The number of aromatic nitrogens is 3. The second-order valence-electron chi connectivity index (χ2n) is 5.28. The van der Waals surface area contributed by atoms with Crippen molar-refractivity contribution in [1.29, 1.82) is 0 Å². The molecule has 0 aliphatic carbocycles. The Bertz CT molecular complexity index is 931. The lowest BCUT2D eigenvalue weighted by Gasteiger charge is -2.06. The number of hydrogen-bond donors (Lipinski definition) is 1. The molecule has 0 unspecified atom stereocenters. The highest BCUT2D eigenvalue weighted by molar-refractivity contribution is 7.71. The van der Waals surface area contributed by atoms with Gasteiger partial charge in [-0.25, -0.2) is 4.39 Å². The molecular formula is C18H17FN4OS. The predicted molar refractivity (Wildman–Crippen MR) is 97.2 cm³/mol. The van der Waals surface area contributed by atoms with Crippen molar-refractivity contribution in [3.05, 3.63) is 76.1 Å². The SMILES string of the molecule is CCOc1ccccc1/C=N\n1c(Cc2ccc(F)cc2)n[nH]c1=S. The zero-order valence-electron chi connectivity index (χ0n) is 13.6. The Kier molecular flexibility index (Phi) is 5.35. The number of H-pyrrole nitrogens is 1. The fraction of sp³-hybridized carbons (Fsp3) is 0.167. The molecule has 5 nitrogen and oxygen atoms in total. The van der Waals surface area contributed by atoms with Gasteiger partial charge in [0.05, 0.1) is 12.8 Å². The van der Waals surface area contributed by atoms with Crippen molar-refractivity contribution >= 4 is 18.4 Å². The molecule has 1 N–H and O–H groups in total. The largest absolute Gasteiger partial charge is 0.493 e. The lowest BCUT2D eigenvalue weighted by molar-refractivity contribution is 0.340. The van der Waals surface area contributed by atoms with Gasteiger partial charge in [0.15, 0.2) is 5.82 Å². The summed E-state index contributed by atoms with van der Waals surface area (Å²) in [6.45, 7) is 2.51. The van der Waals surface area contributed by atoms with Crippen molar-refractivity contribution in [1.82, 2.24) is 14.9 Å². The van der Waals surface area contributed by atoms with Gasteiger partial charge >= 0.3 is 0 Å². The number of benzene rings is 2. The minimum atomic E-state index is -0.270.